The van der Waals surface area contributed by atoms with Crippen LogP contribution in [-0.2, 0) is 9.63 Å². The van der Waals surface area contributed by atoms with Gasteiger partial charge in [-0.15, -0.1) is 0 Å². The fraction of sp³-hybridized carbons (Fsp3) is 0.519. The summed E-state index contributed by atoms with van der Waals surface area (Å²) in [7, 11) is 0. The van der Waals surface area contributed by atoms with E-state index in [1.54, 1.807) is 12.1 Å². The third kappa shape index (κ3) is 9.58. The molecule has 0 fully saturated rings. The first-order valence-electron chi connectivity index (χ1n) is 11.8. The van der Waals surface area contributed by atoms with Crippen molar-refractivity contribution >= 4 is 17.7 Å². The van der Waals surface area contributed by atoms with E-state index in [9.17, 15) is 4.79 Å². The number of anilines is 2. The van der Waals surface area contributed by atoms with Crippen molar-refractivity contribution in [2.45, 2.75) is 84.0 Å². The first-order valence-corrected chi connectivity index (χ1v) is 11.8. The van der Waals surface area contributed by atoms with E-state index in [0.717, 1.165) is 17.8 Å². The summed E-state index contributed by atoms with van der Waals surface area (Å²) in [6.07, 6.45) is 17.9. The highest BCUT2D eigenvalue weighted by Gasteiger charge is 2.10. The molecule has 2 aromatic carbocycles. The van der Waals surface area contributed by atoms with Gasteiger partial charge in [0.1, 0.15) is 0 Å². The van der Waals surface area contributed by atoms with E-state index in [-0.39, 0.29) is 0 Å². The van der Waals surface area contributed by atoms with Crippen LogP contribution in [0.2, 0.25) is 0 Å². The molecule has 0 aromatic heterocycles. The van der Waals surface area contributed by atoms with Crippen molar-refractivity contribution in [3.05, 3.63) is 60.2 Å². The predicted molar refractivity (Wildman–Crippen MR) is 127 cm³/mol. The zero-order chi connectivity index (χ0) is 21.3. The summed E-state index contributed by atoms with van der Waals surface area (Å²) in [5, 5.41) is 1.85. The molecule has 30 heavy (non-hydrogen) atoms. The minimum absolute atomic E-state index is 0.549. The van der Waals surface area contributed by atoms with Gasteiger partial charge in [-0.3, -0.25) is 9.63 Å². The molecule has 2 rings (SSSR count). The number of para-hydroxylation sites is 1. The van der Waals surface area contributed by atoms with E-state index >= 15 is 0 Å². The van der Waals surface area contributed by atoms with Crippen LogP contribution in [0.3, 0.4) is 0 Å². The molecule has 0 saturated carbocycles. The van der Waals surface area contributed by atoms with Gasteiger partial charge in [0.05, 0.1) is 18.0 Å². The van der Waals surface area contributed by atoms with Gasteiger partial charge in [-0.1, -0.05) is 95.8 Å². The fourth-order valence-electron chi connectivity index (χ4n) is 3.63. The number of nitrogens with zero attached hydrogens (tertiary/aromatic N) is 1. The summed E-state index contributed by atoms with van der Waals surface area (Å²) in [6.45, 7) is 2.96. The molecular formula is C27H38NO2. The van der Waals surface area contributed by atoms with Crippen LogP contribution in [0.5, 0.6) is 0 Å². The monoisotopic (exact) mass is 408 g/mol. The molecule has 3 heteroatoms. The topological polar surface area (TPSA) is 29.5 Å². The third-order valence-electron chi connectivity index (χ3n) is 5.43. The highest BCUT2D eigenvalue weighted by molar-refractivity contribution is 5.76. The summed E-state index contributed by atoms with van der Waals surface area (Å²) >= 11 is 0. The van der Waals surface area contributed by atoms with Crippen LogP contribution in [0, 0.1) is 0 Å². The van der Waals surface area contributed by atoms with Crippen LogP contribution in [0.4, 0.5) is 11.4 Å². The Kier molecular flexibility index (Phi) is 12.6. The summed E-state index contributed by atoms with van der Waals surface area (Å²) < 4.78 is 0. The number of unbranched alkanes of at least 4 members (excludes halogenated alkanes) is 11. The van der Waals surface area contributed by atoms with Crippen LogP contribution in [-0.4, -0.2) is 12.9 Å². The number of carbonyl (C=O) groups excluding carboxylic acids is 1. The quantitative estimate of drug-likeness (QED) is 0.197. The van der Waals surface area contributed by atoms with Crippen LogP contribution >= 0.6 is 0 Å². The van der Waals surface area contributed by atoms with Crippen molar-refractivity contribution in [2.24, 2.45) is 0 Å². The van der Waals surface area contributed by atoms with Crippen molar-refractivity contribution in [3.8, 4) is 0 Å². The smallest absolute Gasteiger partial charge is 0.233 e. The first kappa shape index (κ1) is 24.1. The molecule has 3 nitrogen and oxygen atoms in total. The summed E-state index contributed by atoms with van der Waals surface area (Å²) in [6, 6.07) is 17.4. The summed E-state index contributed by atoms with van der Waals surface area (Å²) in [5.41, 5.74) is 2.45. The van der Waals surface area contributed by atoms with E-state index < -0.39 is 0 Å². The Morgan fingerprint density at radius 2 is 1.17 bits per heavy atom. The second-order valence-electron chi connectivity index (χ2n) is 8.00. The van der Waals surface area contributed by atoms with Crippen molar-refractivity contribution in [3.63, 3.8) is 0 Å². The predicted octanol–water partition coefficient (Wildman–Crippen LogP) is 7.92. The largest absolute Gasteiger partial charge is 0.285 e. The number of hydrogen-bond donors (Lipinski definition) is 0. The van der Waals surface area contributed by atoms with E-state index in [1.165, 1.54) is 70.6 Å². The minimum Gasteiger partial charge on any atom is -0.285 e. The number of rotatable bonds is 17. The van der Waals surface area contributed by atoms with Crippen LogP contribution in [0.25, 0.3) is 0 Å². The maximum Gasteiger partial charge on any atom is 0.233 e. The zero-order valence-electron chi connectivity index (χ0n) is 18.7. The van der Waals surface area contributed by atoms with Gasteiger partial charge in [-0.25, -0.2) is 5.06 Å². The molecule has 1 radical (unpaired) electrons. The molecular weight excluding hydrogens is 370 g/mol. The average Bonchev–Trinajstić information content (AvgIpc) is 2.80. The molecule has 0 heterocycles. The standard InChI is InChI=1S/C27H38NO2/c1-2-3-4-5-6-7-8-9-10-11-12-16-23-30-28(26-17-14-13-15-18-26)27-21-19-25(24-29)20-22-27/h13-15,17-22H,2-12,16,23H2,1H3. The molecule has 0 bridgehead atoms. The van der Waals surface area contributed by atoms with Gasteiger partial charge < -0.3 is 0 Å². The molecule has 0 atom stereocenters. The van der Waals surface area contributed by atoms with Crippen molar-refractivity contribution in [2.75, 3.05) is 11.7 Å². The Bertz CT molecular complexity index is 669. The van der Waals surface area contributed by atoms with Gasteiger partial charge in [0.2, 0.25) is 6.29 Å². The van der Waals surface area contributed by atoms with E-state index in [2.05, 4.69) is 6.92 Å². The van der Waals surface area contributed by atoms with E-state index in [0.29, 0.717) is 12.2 Å². The Morgan fingerprint density at radius 1 is 0.667 bits per heavy atom. The Morgan fingerprint density at radius 3 is 1.70 bits per heavy atom. The van der Waals surface area contributed by atoms with Crippen molar-refractivity contribution in [1.82, 2.24) is 0 Å². The molecule has 0 aliphatic carbocycles. The Labute approximate surface area is 183 Å². The third-order valence-corrected chi connectivity index (χ3v) is 5.43. The summed E-state index contributed by atoms with van der Waals surface area (Å²) in [4.78, 5) is 16.9. The van der Waals surface area contributed by atoms with Crippen molar-refractivity contribution < 1.29 is 9.63 Å². The summed E-state index contributed by atoms with van der Waals surface area (Å²) in [5.74, 6) is 0. The normalized spacial score (nSPS) is 10.8. The Hall–Kier alpha value is -2.13. The minimum atomic E-state index is 0.549. The van der Waals surface area contributed by atoms with Gasteiger partial charge in [-0.2, -0.15) is 0 Å². The SMILES string of the molecule is CCCCCCCCCCCCCCON(c1ccccc1)c1ccc([C]=O)cc1. The molecule has 0 unspecified atom stereocenters. The lowest BCUT2D eigenvalue weighted by molar-refractivity contribution is 0.131. The van der Waals surface area contributed by atoms with Crippen LogP contribution in [0.15, 0.2) is 54.6 Å². The maximum atomic E-state index is 10.8. The van der Waals surface area contributed by atoms with Gasteiger partial charge in [0.25, 0.3) is 0 Å². The first-order chi connectivity index (χ1) is 14.8. The van der Waals surface area contributed by atoms with E-state index in [1.807, 2.05) is 53.8 Å². The highest BCUT2D eigenvalue weighted by Crippen LogP contribution is 2.26. The molecule has 2 aromatic rings. The molecule has 0 amide bonds. The highest BCUT2D eigenvalue weighted by atomic mass is 16.7. The molecule has 0 aliphatic heterocycles. The lowest BCUT2D eigenvalue weighted by Gasteiger charge is -2.24. The van der Waals surface area contributed by atoms with Crippen molar-refractivity contribution in [1.29, 1.82) is 0 Å². The number of hydrogen-bond acceptors (Lipinski definition) is 3. The van der Waals surface area contributed by atoms with Crippen LogP contribution < -0.4 is 5.06 Å². The van der Waals surface area contributed by atoms with Gasteiger partial charge >= 0.3 is 0 Å². The second kappa shape index (κ2) is 15.7. The lowest BCUT2D eigenvalue weighted by atomic mass is 10.1. The second-order valence-corrected chi connectivity index (χ2v) is 8.00. The average molecular weight is 409 g/mol. The zero-order valence-corrected chi connectivity index (χ0v) is 18.7. The van der Waals surface area contributed by atoms with Gasteiger partial charge in [0.15, 0.2) is 0 Å². The molecule has 0 N–H and O–H groups in total. The molecule has 163 valence electrons. The molecule has 0 aliphatic rings. The van der Waals surface area contributed by atoms with Gasteiger partial charge in [-0.05, 0) is 42.8 Å². The lowest BCUT2D eigenvalue weighted by Crippen LogP contribution is -2.18. The fourth-order valence-corrected chi connectivity index (χ4v) is 3.63. The molecule has 0 saturated heterocycles. The Balaban J connectivity index is 1.63. The maximum absolute atomic E-state index is 10.8. The van der Waals surface area contributed by atoms with E-state index in [4.69, 9.17) is 4.84 Å². The number of benzene rings is 2. The van der Waals surface area contributed by atoms with Gasteiger partial charge in [0, 0.05) is 5.56 Å². The van der Waals surface area contributed by atoms with Crippen LogP contribution in [0.1, 0.15) is 89.5 Å². The molecule has 0 spiro atoms.